The first-order valence-corrected chi connectivity index (χ1v) is 6.36. The summed E-state index contributed by atoms with van der Waals surface area (Å²) >= 11 is 0. The van der Waals surface area contributed by atoms with Gasteiger partial charge in [-0.05, 0) is 35.9 Å². The molecule has 0 bridgehead atoms. The van der Waals surface area contributed by atoms with Crippen LogP contribution in [0.3, 0.4) is 0 Å². The number of carboxylic acids is 1. The molecule has 0 atom stereocenters. The Bertz CT molecular complexity index is 783. The summed E-state index contributed by atoms with van der Waals surface area (Å²) in [5.74, 6) is -2.71. The second kappa shape index (κ2) is 6.66. The number of pyridine rings is 1. The van der Waals surface area contributed by atoms with E-state index in [9.17, 15) is 18.8 Å². The lowest BCUT2D eigenvalue weighted by molar-refractivity contribution is -0.210. The zero-order valence-corrected chi connectivity index (χ0v) is 11.6. The molecule has 2 rings (SSSR count). The Kier molecular flexibility index (Phi) is 4.66. The number of nitrogens with zero attached hydrogens (tertiary/aromatic N) is 2. The van der Waals surface area contributed by atoms with Crippen LogP contribution in [0.1, 0.15) is 11.3 Å². The molecule has 0 fully saturated rings. The number of nitriles is 1. The number of allylic oxidation sites excluding steroid dienone is 1. The van der Waals surface area contributed by atoms with E-state index < -0.39 is 12.1 Å². The fourth-order valence-electron chi connectivity index (χ4n) is 1.71. The standard InChI is InChI=1S/C16H10F2N2O3/c17-16(18,15(21)22)23-13-5-3-4-11(9-13)8-12(10-19)14-6-1-2-7-20-14/h1-9H,(H,21,22)/b12-8-. The number of aliphatic carboxylic acids is 1. The second-order valence-electron chi connectivity index (χ2n) is 4.38. The van der Waals surface area contributed by atoms with Gasteiger partial charge in [-0.3, -0.25) is 4.98 Å². The molecule has 0 radical (unpaired) electrons. The molecule has 2 aromatic rings. The quantitative estimate of drug-likeness (QED) is 0.856. The van der Waals surface area contributed by atoms with Crippen LogP contribution in [0.25, 0.3) is 11.6 Å². The summed E-state index contributed by atoms with van der Waals surface area (Å²) in [7, 11) is 0. The van der Waals surface area contributed by atoms with Crippen molar-refractivity contribution in [2.24, 2.45) is 0 Å². The molecule has 1 aromatic heterocycles. The number of ether oxygens (including phenoxy) is 1. The van der Waals surface area contributed by atoms with Crippen LogP contribution in [0.5, 0.6) is 5.75 Å². The SMILES string of the molecule is N#C/C(=C/c1cccc(OC(F)(F)C(=O)O)c1)c1ccccn1. The third-order valence-corrected chi connectivity index (χ3v) is 2.73. The maximum Gasteiger partial charge on any atom is 0.501 e. The smallest absolute Gasteiger partial charge is 0.474 e. The minimum atomic E-state index is -4.33. The third-order valence-electron chi connectivity index (χ3n) is 2.73. The summed E-state index contributed by atoms with van der Waals surface area (Å²) in [5, 5.41) is 17.5. The molecule has 1 N–H and O–H groups in total. The zero-order chi connectivity index (χ0) is 16.9. The molecule has 0 aliphatic heterocycles. The Balaban J connectivity index is 2.31. The van der Waals surface area contributed by atoms with Crippen LogP contribution in [0, 0.1) is 11.3 Å². The first-order valence-electron chi connectivity index (χ1n) is 6.36. The van der Waals surface area contributed by atoms with Crippen LogP contribution in [-0.4, -0.2) is 22.2 Å². The Hall–Kier alpha value is -3.27. The number of hydrogen-bond donors (Lipinski definition) is 1. The van der Waals surface area contributed by atoms with E-state index in [0.29, 0.717) is 11.3 Å². The summed E-state index contributed by atoms with van der Waals surface area (Å²) < 4.78 is 30.3. The monoisotopic (exact) mass is 316 g/mol. The van der Waals surface area contributed by atoms with Crippen molar-refractivity contribution in [3.05, 3.63) is 59.9 Å². The molecule has 23 heavy (non-hydrogen) atoms. The lowest BCUT2D eigenvalue weighted by Crippen LogP contribution is -2.34. The molecule has 0 spiro atoms. The lowest BCUT2D eigenvalue weighted by atomic mass is 10.1. The third kappa shape index (κ3) is 4.11. The molecule has 0 saturated carbocycles. The van der Waals surface area contributed by atoms with Crippen LogP contribution in [0.2, 0.25) is 0 Å². The second-order valence-corrected chi connectivity index (χ2v) is 4.38. The highest BCUT2D eigenvalue weighted by Gasteiger charge is 2.42. The number of hydrogen-bond acceptors (Lipinski definition) is 4. The van der Waals surface area contributed by atoms with E-state index in [1.807, 2.05) is 6.07 Å². The lowest BCUT2D eigenvalue weighted by Gasteiger charge is -2.13. The number of benzene rings is 1. The number of aromatic nitrogens is 1. The van der Waals surface area contributed by atoms with Gasteiger partial charge < -0.3 is 9.84 Å². The van der Waals surface area contributed by atoms with Crippen LogP contribution in [0.4, 0.5) is 8.78 Å². The highest BCUT2D eigenvalue weighted by Crippen LogP contribution is 2.24. The minimum absolute atomic E-state index is 0.229. The number of carbonyl (C=O) groups is 1. The van der Waals surface area contributed by atoms with Crippen molar-refractivity contribution in [2.75, 3.05) is 0 Å². The average Bonchev–Trinajstić information content (AvgIpc) is 2.53. The molecule has 116 valence electrons. The maximum atomic E-state index is 13.1. The van der Waals surface area contributed by atoms with Gasteiger partial charge in [0.25, 0.3) is 0 Å². The first-order chi connectivity index (χ1) is 10.9. The van der Waals surface area contributed by atoms with Crippen molar-refractivity contribution < 1.29 is 23.4 Å². The van der Waals surface area contributed by atoms with E-state index in [1.165, 1.54) is 30.5 Å². The number of alkyl halides is 2. The van der Waals surface area contributed by atoms with Gasteiger partial charge >= 0.3 is 12.1 Å². The molecule has 1 aromatic carbocycles. The van der Waals surface area contributed by atoms with E-state index in [0.717, 1.165) is 0 Å². The fraction of sp³-hybridized carbons (Fsp3) is 0.0625. The van der Waals surface area contributed by atoms with E-state index in [-0.39, 0.29) is 11.3 Å². The summed E-state index contributed by atoms with van der Waals surface area (Å²) in [6.45, 7) is 0. The number of rotatable bonds is 5. The van der Waals surface area contributed by atoms with E-state index in [2.05, 4.69) is 9.72 Å². The van der Waals surface area contributed by atoms with Crippen molar-refractivity contribution >= 4 is 17.6 Å². The van der Waals surface area contributed by atoms with E-state index in [4.69, 9.17) is 5.11 Å². The molecule has 1 heterocycles. The Labute approximate surface area is 130 Å². The summed E-state index contributed by atoms with van der Waals surface area (Å²) in [5.41, 5.74) is 1.05. The molecule has 0 amide bonds. The maximum absolute atomic E-state index is 13.1. The first kappa shape index (κ1) is 16.1. The minimum Gasteiger partial charge on any atom is -0.474 e. The van der Waals surface area contributed by atoms with Crippen LogP contribution in [-0.2, 0) is 4.79 Å². The predicted octanol–water partition coefficient (Wildman–Crippen LogP) is 3.20. The van der Waals surface area contributed by atoms with Crippen molar-refractivity contribution in [3.8, 4) is 11.8 Å². The summed E-state index contributed by atoms with van der Waals surface area (Å²) in [6.07, 6.45) is -1.37. The summed E-state index contributed by atoms with van der Waals surface area (Å²) in [6, 6.07) is 12.4. The molecule has 0 unspecified atom stereocenters. The van der Waals surface area contributed by atoms with Gasteiger partial charge in [0.2, 0.25) is 0 Å². The van der Waals surface area contributed by atoms with Crippen molar-refractivity contribution in [1.82, 2.24) is 4.98 Å². The molecule has 0 saturated heterocycles. The fourth-order valence-corrected chi connectivity index (χ4v) is 1.71. The zero-order valence-electron chi connectivity index (χ0n) is 11.6. The Morgan fingerprint density at radius 1 is 1.30 bits per heavy atom. The van der Waals surface area contributed by atoms with Gasteiger partial charge in [0.05, 0.1) is 11.3 Å². The largest absolute Gasteiger partial charge is 0.501 e. The van der Waals surface area contributed by atoms with Crippen molar-refractivity contribution in [3.63, 3.8) is 0 Å². The van der Waals surface area contributed by atoms with Crippen LogP contribution >= 0.6 is 0 Å². The average molecular weight is 316 g/mol. The Morgan fingerprint density at radius 3 is 2.70 bits per heavy atom. The van der Waals surface area contributed by atoms with Crippen LogP contribution < -0.4 is 4.74 Å². The number of carboxylic acid groups (broad SMARTS) is 1. The van der Waals surface area contributed by atoms with E-state index in [1.54, 1.807) is 24.3 Å². The molecule has 0 aliphatic carbocycles. The molecular weight excluding hydrogens is 306 g/mol. The molecule has 0 aliphatic rings. The van der Waals surface area contributed by atoms with Gasteiger partial charge in [0.1, 0.15) is 11.8 Å². The van der Waals surface area contributed by atoms with Gasteiger partial charge in [-0.15, -0.1) is 0 Å². The Morgan fingerprint density at radius 2 is 2.09 bits per heavy atom. The van der Waals surface area contributed by atoms with Gasteiger partial charge in [-0.1, -0.05) is 18.2 Å². The van der Waals surface area contributed by atoms with Gasteiger partial charge in [-0.2, -0.15) is 14.0 Å². The highest BCUT2D eigenvalue weighted by atomic mass is 19.3. The predicted molar refractivity (Wildman–Crippen MR) is 77.4 cm³/mol. The van der Waals surface area contributed by atoms with E-state index >= 15 is 0 Å². The topological polar surface area (TPSA) is 83.2 Å². The van der Waals surface area contributed by atoms with Crippen molar-refractivity contribution in [2.45, 2.75) is 6.11 Å². The van der Waals surface area contributed by atoms with Crippen LogP contribution in [0.15, 0.2) is 48.7 Å². The summed E-state index contributed by atoms with van der Waals surface area (Å²) in [4.78, 5) is 14.4. The van der Waals surface area contributed by atoms with Gasteiger partial charge in [0.15, 0.2) is 0 Å². The van der Waals surface area contributed by atoms with Gasteiger partial charge in [-0.25, -0.2) is 4.79 Å². The van der Waals surface area contributed by atoms with Crippen molar-refractivity contribution in [1.29, 1.82) is 5.26 Å². The molecule has 5 nitrogen and oxygen atoms in total. The molecular formula is C16H10F2N2O3. The normalized spacial score (nSPS) is 11.6. The number of halogens is 2. The highest BCUT2D eigenvalue weighted by molar-refractivity contribution is 5.88. The van der Waals surface area contributed by atoms with Gasteiger partial charge in [0, 0.05) is 6.20 Å². The molecule has 7 heteroatoms.